The Balaban J connectivity index is 0.00000128. The quantitative estimate of drug-likeness (QED) is 0.925. The lowest BCUT2D eigenvalue weighted by Crippen LogP contribution is -2.35. The fraction of sp³-hybridized carbons (Fsp3) is 0.636. The van der Waals surface area contributed by atoms with Gasteiger partial charge in [0.1, 0.15) is 0 Å². The van der Waals surface area contributed by atoms with Crippen LogP contribution in [0.4, 0.5) is 0 Å². The zero-order valence-corrected chi connectivity index (χ0v) is 12.4. The van der Waals surface area contributed by atoms with Crippen LogP contribution in [0.25, 0.3) is 0 Å². The van der Waals surface area contributed by atoms with Crippen molar-refractivity contribution in [1.29, 1.82) is 0 Å². The lowest BCUT2D eigenvalue weighted by atomic mass is 9.97. The molecule has 2 nitrogen and oxygen atoms in total. The van der Waals surface area contributed by atoms with Crippen LogP contribution in [0.1, 0.15) is 18.4 Å². The van der Waals surface area contributed by atoms with Crippen LogP contribution in [0.3, 0.4) is 0 Å². The van der Waals surface area contributed by atoms with Crippen molar-refractivity contribution in [2.45, 2.75) is 19.4 Å². The molecule has 2 heterocycles. The molecule has 92 valence electrons. The summed E-state index contributed by atoms with van der Waals surface area (Å²) in [5, 5.41) is 2.24. The van der Waals surface area contributed by atoms with E-state index >= 15 is 0 Å². The molecule has 1 aromatic heterocycles. The van der Waals surface area contributed by atoms with E-state index in [0.717, 1.165) is 19.0 Å². The number of hydrogen-bond acceptors (Lipinski definition) is 3. The summed E-state index contributed by atoms with van der Waals surface area (Å²) in [5.74, 6) is 0.760. The van der Waals surface area contributed by atoms with E-state index in [1.807, 2.05) is 0 Å². The van der Waals surface area contributed by atoms with Crippen molar-refractivity contribution in [1.82, 2.24) is 4.90 Å². The number of likely N-dealkylation sites (tertiary alicyclic amines) is 1. The van der Waals surface area contributed by atoms with Gasteiger partial charge in [-0.2, -0.15) is 0 Å². The van der Waals surface area contributed by atoms with E-state index in [1.54, 1.807) is 11.3 Å². The average Bonchev–Trinajstić information content (AvgIpc) is 2.65. The van der Waals surface area contributed by atoms with E-state index in [0.29, 0.717) is 0 Å². The lowest BCUT2D eigenvalue weighted by molar-refractivity contribution is 0.180. The Kier molecular flexibility index (Phi) is 6.29. The molecule has 0 atom stereocenters. The molecule has 0 spiro atoms. The van der Waals surface area contributed by atoms with Gasteiger partial charge >= 0.3 is 0 Å². The minimum absolute atomic E-state index is 0. The Bertz CT molecular complexity index is 311. The molecule has 0 aliphatic carbocycles. The first-order valence-corrected chi connectivity index (χ1v) is 7.10. The highest BCUT2D eigenvalue weighted by molar-refractivity contribution is 9.11. The van der Waals surface area contributed by atoms with Gasteiger partial charge in [0.05, 0.1) is 3.79 Å². The van der Waals surface area contributed by atoms with Crippen LogP contribution in [0.2, 0.25) is 0 Å². The van der Waals surface area contributed by atoms with Crippen molar-refractivity contribution in [3.05, 3.63) is 20.8 Å². The first kappa shape index (κ1) is 14.5. The smallest absolute Gasteiger partial charge is 0.0701 e. The zero-order chi connectivity index (χ0) is 10.7. The number of rotatable bonds is 3. The van der Waals surface area contributed by atoms with Gasteiger partial charge in [0.15, 0.2) is 0 Å². The first-order valence-electron chi connectivity index (χ1n) is 5.43. The Hall–Kier alpha value is 0.390. The molecule has 1 aliphatic heterocycles. The summed E-state index contributed by atoms with van der Waals surface area (Å²) >= 11 is 5.27. The number of nitrogens with zero attached hydrogens (tertiary/aromatic N) is 1. The van der Waals surface area contributed by atoms with Gasteiger partial charge in [-0.1, -0.05) is 0 Å². The molecule has 1 saturated heterocycles. The van der Waals surface area contributed by atoms with Crippen molar-refractivity contribution >= 4 is 39.7 Å². The van der Waals surface area contributed by atoms with E-state index in [-0.39, 0.29) is 12.4 Å². The number of halogens is 2. The highest BCUT2D eigenvalue weighted by Gasteiger charge is 2.17. The summed E-state index contributed by atoms with van der Waals surface area (Å²) in [6.07, 6.45) is 2.53. The summed E-state index contributed by atoms with van der Waals surface area (Å²) < 4.78 is 1.23. The molecular formula is C11H18BrClN2S. The van der Waals surface area contributed by atoms with Crippen LogP contribution in [-0.4, -0.2) is 24.5 Å². The topological polar surface area (TPSA) is 29.3 Å². The third-order valence-electron chi connectivity index (χ3n) is 3.07. The summed E-state index contributed by atoms with van der Waals surface area (Å²) in [6, 6.07) is 2.22. The average molecular weight is 326 g/mol. The summed E-state index contributed by atoms with van der Waals surface area (Å²) in [6.45, 7) is 4.36. The maximum atomic E-state index is 5.68. The second-order valence-electron chi connectivity index (χ2n) is 4.21. The molecular weight excluding hydrogens is 308 g/mol. The SMILES string of the molecule is Cl.NCC1CCN(Cc2csc(Br)c2)CC1. The Labute approximate surface area is 116 Å². The second-order valence-corrected chi connectivity index (χ2v) is 6.50. The van der Waals surface area contributed by atoms with Gasteiger partial charge in [-0.3, -0.25) is 4.90 Å². The summed E-state index contributed by atoms with van der Waals surface area (Å²) in [5.41, 5.74) is 7.11. The predicted molar refractivity (Wildman–Crippen MR) is 76.3 cm³/mol. The first-order chi connectivity index (χ1) is 7.28. The molecule has 1 fully saturated rings. The van der Waals surface area contributed by atoms with E-state index in [1.165, 1.54) is 35.3 Å². The third-order valence-corrected chi connectivity index (χ3v) is 4.62. The number of piperidine rings is 1. The highest BCUT2D eigenvalue weighted by Crippen LogP contribution is 2.23. The molecule has 5 heteroatoms. The van der Waals surface area contributed by atoms with E-state index in [9.17, 15) is 0 Å². The van der Waals surface area contributed by atoms with E-state index < -0.39 is 0 Å². The number of hydrogen-bond donors (Lipinski definition) is 1. The lowest BCUT2D eigenvalue weighted by Gasteiger charge is -2.30. The largest absolute Gasteiger partial charge is 0.330 e. The third kappa shape index (κ3) is 4.00. The molecule has 0 radical (unpaired) electrons. The molecule has 0 aromatic carbocycles. The monoisotopic (exact) mass is 324 g/mol. The molecule has 0 amide bonds. The molecule has 2 N–H and O–H groups in total. The van der Waals surface area contributed by atoms with Crippen molar-refractivity contribution < 1.29 is 0 Å². The number of nitrogens with two attached hydrogens (primary N) is 1. The van der Waals surface area contributed by atoms with Crippen molar-refractivity contribution in [2.75, 3.05) is 19.6 Å². The van der Waals surface area contributed by atoms with Crippen LogP contribution in [0.15, 0.2) is 15.2 Å². The molecule has 0 bridgehead atoms. The van der Waals surface area contributed by atoms with E-state index in [2.05, 4.69) is 32.3 Å². The molecule has 0 saturated carbocycles. The maximum absolute atomic E-state index is 5.68. The second kappa shape index (κ2) is 6.97. The van der Waals surface area contributed by atoms with Crippen molar-refractivity contribution in [2.24, 2.45) is 11.7 Å². The Morgan fingerprint density at radius 3 is 2.62 bits per heavy atom. The summed E-state index contributed by atoms with van der Waals surface area (Å²) in [7, 11) is 0. The van der Waals surface area contributed by atoms with Crippen molar-refractivity contribution in [3.8, 4) is 0 Å². The number of thiophene rings is 1. The molecule has 2 rings (SSSR count). The Morgan fingerprint density at radius 2 is 2.12 bits per heavy atom. The van der Waals surface area contributed by atoms with Gasteiger partial charge < -0.3 is 5.73 Å². The van der Waals surface area contributed by atoms with Gasteiger partial charge in [0.25, 0.3) is 0 Å². The zero-order valence-electron chi connectivity index (χ0n) is 9.19. The van der Waals surface area contributed by atoms with Gasteiger partial charge in [0.2, 0.25) is 0 Å². The van der Waals surface area contributed by atoms with Crippen LogP contribution in [0.5, 0.6) is 0 Å². The van der Waals surface area contributed by atoms with Crippen LogP contribution in [-0.2, 0) is 6.54 Å². The standard InChI is InChI=1S/C11H17BrN2S.ClH/c12-11-5-10(8-15-11)7-14-3-1-9(6-13)2-4-14;/h5,8-9H,1-4,6-7,13H2;1H. The van der Waals surface area contributed by atoms with Gasteiger partial charge in [0, 0.05) is 6.54 Å². The minimum atomic E-state index is 0. The highest BCUT2D eigenvalue weighted by atomic mass is 79.9. The minimum Gasteiger partial charge on any atom is -0.330 e. The van der Waals surface area contributed by atoms with E-state index in [4.69, 9.17) is 5.73 Å². The van der Waals surface area contributed by atoms with Gasteiger partial charge in [-0.25, -0.2) is 0 Å². The molecule has 0 unspecified atom stereocenters. The Morgan fingerprint density at radius 1 is 1.44 bits per heavy atom. The molecule has 1 aromatic rings. The molecule has 1 aliphatic rings. The van der Waals surface area contributed by atoms with Gasteiger partial charge in [-0.15, -0.1) is 23.7 Å². The predicted octanol–water partition coefficient (Wildman–Crippen LogP) is 3.10. The summed E-state index contributed by atoms with van der Waals surface area (Å²) in [4.78, 5) is 2.53. The normalized spacial score (nSPS) is 18.4. The molecule has 16 heavy (non-hydrogen) atoms. The fourth-order valence-electron chi connectivity index (χ4n) is 2.07. The van der Waals surface area contributed by atoms with Crippen LogP contribution < -0.4 is 5.73 Å². The maximum Gasteiger partial charge on any atom is 0.0701 e. The van der Waals surface area contributed by atoms with Crippen LogP contribution in [0, 0.1) is 5.92 Å². The van der Waals surface area contributed by atoms with Crippen molar-refractivity contribution in [3.63, 3.8) is 0 Å². The fourth-order valence-corrected chi connectivity index (χ4v) is 3.27. The van der Waals surface area contributed by atoms with Gasteiger partial charge in [-0.05, 0) is 71.3 Å². The van der Waals surface area contributed by atoms with Crippen LogP contribution >= 0.6 is 39.7 Å².